The van der Waals surface area contributed by atoms with Crippen LogP contribution in [0.1, 0.15) is 20.3 Å². The average molecular weight is 1430 g/mol. The third-order valence-corrected chi connectivity index (χ3v) is 1.99. The zero-order chi connectivity index (χ0) is 36.0. The minimum absolute atomic E-state index is 0. The second kappa shape index (κ2) is 118. The normalized spacial score (nSPS) is 8.66. The maximum atomic E-state index is 9.09. The Morgan fingerprint density at radius 2 is 0.955 bits per heavy atom. The van der Waals surface area contributed by atoms with Gasteiger partial charge in [-0.2, -0.15) is 0 Å². The number of nitrogens with two attached hydrogens (primary N) is 5. The topological polar surface area (TPSA) is 228 Å². The van der Waals surface area contributed by atoms with Crippen molar-refractivity contribution in [3.8, 4) is 0 Å². The molecule has 0 unspecified atom stereocenters. The van der Waals surface area contributed by atoms with Crippen LogP contribution in [0.5, 0.6) is 0 Å². The second-order valence-electron chi connectivity index (χ2n) is 6.88. The van der Waals surface area contributed by atoms with Crippen LogP contribution >= 0.6 is 144 Å². The van der Waals surface area contributed by atoms with Crippen molar-refractivity contribution in [3.05, 3.63) is 0 Å². The molecular weight excluding hydrogens is 1360 g/mol. The summed E-state index contributed by atoms with van der Waals surface area (Å²) in [6, 6.07) is 0. The number of hydrogen-bond acceptors (Lipinski definition) is 12. The van der Waals surface area contributed by atoms with Crippen molar-refractivity contribution in [2.75, 3.05) is 120 Å². The minimum Gasteiger partial charge on any atom is -0.395 e. The van der Waals surface area contributed by atoms with E-state index >= 15 is 0 Å². The zero-order valence-corrected chi connectivity index (χ0v) is 44.5. The molecule has 290 valence electrons. The molecule has 14 N–H and O–H groups in total. The van der Waals surface area contributed by atoms with Crippen LogP contribution in [0.25, 0.3) is 0 Å². The summed E-state index contributed by atoms with van der Waals surface area (Å²) in [6.07, 6.45) is 1.25. The number of rotatable bonds is 7. The van der Waals surface area contributed by atoms with Gasteiger partial charge in [0.25, 0.3) is 0 Å². The van der Waals surface area contributed by atoms with Crippen LogP contribution in [0.2, 0.25) is 0 Å². The van der Waals surface area contributed by atoms with Crippen LogP contribution in [-0.4, -0.2) is 145 Å². The first kappa shape index (κ1) is 82.6. The van der Waals surface area contributed by atoms with Crippen LogP contribution in [0.15, 0.2) is 0 Å². The van der Waals surface area contributed by atoms with Crippen LogP contribution in [0, 0.1) is 0 Å². The van der Waals surface area contributed by atoms with Gasteiger partial charge in [-0.1, -0.05) is 20.3 Å². The Kier molecular flexibility index (Phi) is 221. The standard InChI is InChI=1S/2C4H12N2.C3H8.C2H6ClN.2C2H7NO.C2H5N.C2H7N.Cl2OS.ClH.I3.I2.HI/c2*1-6(2)4-3-5;1-3-2;3*3-1-2-4;1-2-3-1;1-3-2;1-4(2)3;;1-3-2;1-2;/h2*3-5H2,1-2H3;3H2,1-2H3;1-2,4H2;2*4H,1-3H2;3H,1-2H2;3H,1-2H3;;1H;;;1H/q;;;;;;;;;;-1;;. The molecule has 0 bridgehead atoms. The molecule has 0 aliphatic carbocycles. The van der Waals surface area contributed by atoms with Gasteiger partial charge >= 0.3 is 50.5 Å². The maximum absolute atomic E-state index is 9.09. The molecule has 1 aliphatic rings. The summed E-state index contributed by atoms with van der Waals surface area (Å²) in [7, 11) is 19.1. The van der Waals surface area contributed by atoms with Crippen molar-refractivity contribution in [2.24, 2.45) is 28.7 Å². The van der Waals surface area contributed by atoms with E-state index in [0.29, 0.717) is 38.8 Å². The number of aliphatic hydroxyl groups is 2. The molecule has 0 aromatic rings. The quantitative estimate of drug-likeness (QED) is 0.0738. The van der Waals surface area contributed by atoms with E-state index in [0.717, 1.165) is 26.2 Å². The number of likely N-dealkylation sites (N-methyl/N-ethyl adjacent to an activating group) is 2. The van der Waals surface area contributed by atoms with Gasteiger partial charge in [0, 0.05) is 123 Å². The van der Waals surface area contributed by atoms with Crippen LogP contribution in [0.4, 0.5) is 0 Å². The van der Waals surface area contributed by atoms with Crippen molar-refractivity contribution in [3.63, 3.8) is 0 Å². The van der Waals surface area contributed by atoms with E-state index in [9.17, 15) is 0 Å². The molecule has 0 radical (unpaired) electrons. The van der Waals surface area contributed by atoms with Crippen LogP contribution in [0.3, 0.4) is 0 Å². The predicted octanol–water partition coefficient (Wildman–Crippen LogP) is 0.543. The number of aliphatic hydroxyl groups excluding tert-OH is 2. The molecular formula is C21H66Cl4I6N9O3S-. The molecule has 1 saturated heterocycles. The smallest absolute Gasteiger partial charge is 0.211 e. The molecule has 0 aromatic heterocycles. The first-order valence-electron chi connectivity index (χ1n) is 12.4. The SMILES string of the molecule is C1CN1.CCC.CN(C)CCN.CN(C)CCN.CNC.Cl.I.II.I[I-]I.NCCCl.NCCO.NCCO.O=S(Cl)Cl. The van der Waals surface area contributed by atoms with Gasteiger partial charge in [0.2, 0.25) is 9.23 Å². The van der Waals surface area contributed by atoms with Crippen molar-refractivity contribution >= 4 is 153 Å². The average Bonchev–Trinajstić information content (AvgIpc) is 3.81. The largest absolute Gasteiger partial charge is 0.395 e. The molecule has 0 spiro atoms. The maximum Gasteiger partial charge on any atom is 0.211 e. The summed E-state index contributed by atoms with van der Waals surface area (Å²) in [4.78, 5) is 4.11. The molecule has 1 fully saturated rings. The van der Waals surface area contributed by atoms with Gasteiger partial charge in [0.15, 0.2) is 0 Å². The summed E-state index contributed by atoms with van der Waals surface area (Å²) in [6.45, 7) is 11.8. The number of hydrogen-bond donors (Lipinski definition) is 9. The Balaban J connectivity index is -0.0000000258. The third kappa shape index (κ3) is 435. The van der Waals surface area contributed by atoms with Crippen LogP contribution in [-0.2, 0) is 9.23 Å². The molecule has 0 aromatic carbocycles. The van der Waals surface area contributed by atoms with Crippen molar-refractivity contribution in [2.45, 2.75) is 20.3 Å². The van der Waals surface area contributed by atoms with Crippen molar-refractivity contribution < 1.29 is 27.7 Å². The van der Waals surface area contributed by atoms with Gasteiger partial charge in [-0.25, -0.2) is 4.21 Å². The van der Waals surface area contributed by atoms with E-state index < -0.39 is 9.23 Å². The van der Waals surface area contributed by atoms with Gasteiger partial charge in [-0.3, -0.25) is 0 Å². The van der Waals surface area contributed by atoms with E-state index in [1.165, 1.54) is 19.5 Å². The molecule has 1 rings (SSSR count). The Labute approximate surface area is 364 Å². The summed E-state index contributed by atoms with van der Waals surface area (Å²) in [5, 5.41) is 21.2. The second-order valence-corrected chi connectivity index (χ2v) is 26.0. The Bertz CT molecular complexity index is 313. The number of halogens is 10. The zero-order valence-electron chi connectivity index (χ0n) is 27.5. The van der Waals surface area contributed by atoms with Crippen LogP contribution < -0.4 is 52.6 Å². The molecule has 23 heteroatoms. The Morgan fingerprint density at radius 3 is 0.955 bits per heavy atom. The van der Waals surface area contributed by atoms with Gasteiger partial charge in [0.1, 0.15) is 0 Å². The fraction of sp³-hybridized carbons (Fsp3) is 1.00. The summed E-state index contributed by atoms with van der Waals surface area (Å²) in [5.74, 6) is 0.569. The van der Waals surface area contributed by atoms with Crippen molar-refractivity contribution in [1.82, 2.24) is 20.4 Å². The van der Waals surface area contributed by atoms with Gasteiger partial charge in [-0.15, -0.1) is 48.0 Å². The van der Waals surface area contributed by atoms with Gasteiger partial charge < -0.3 is 59.3 Å². The number of alkyl halides is 1. The fourth-order valence-corrected chi connectivity index (χ4v) is 0.516. The van der Waals surface area contributed by atoms with E-state index in [2.05, 4.69) is 130 Å². The molecule has 0 atom stereocenters. The summed E-state index contributed by atoms with van der Waals surface area (Å²) >= 11 is 14.6. The Morgan fingerprint density at radius 1 is 0.818 bits per heavy atom. The molecule has 0 amide bonds. The predicted molar refractivity (Wildman–Crippen MR) is 250 cm³/mol. The molecule has 12 nitrogen and oxygen atoms in total. The molecule has 44 heavy (non-hydrogen) atoms. The van der Waals surface area contributed by atoms with E-state index in [1.54, 1.807) is 0 Å². The Hall–Kier alpha value is 5.25. The first-order chi connectivity index (χ1) is 19.8. The minimum atomic E-state index is -1.67. The molecule has 1 aliphatic heterocycles. The summed E-state index contributed by atoms with van der Waals surface area (Å²) in [5.41, 5.74) is 24.8. The van der Waals surface area contributed by atoms with E-state index in [1.807, 2.05) is 42.3 Å². The first-order valence-corrected chi connectivity index (χ1v) is 34.6. The third-order valence-electron chi connectivity index (χ3n) is 1.77. The van der Waals surface area contributed by atoms with Gasteiger partial charge in [0.05, 0.1) is 13.2 Å². The van der Waals surface area contributed by atoms with Gasteiger partial charge in [-0.05, 0) is 42.3 Å². The fourth-order valence-electron chi connectivity index (χ4n) is 0.516. The monoisotopic (exact) mass is 1430 g/mol. The molecule has 1 heterocycles. The number of nitrogens with zero attached hydrogens (tertiary/aromatic N) is 2. The van der Waals surface area contributed by atoms with Crippen molar-refractivity contribution in [1.29, 1.82) is 0 Å². The summed E-state index contributed by atoms with van der Waals surface area (Å²) < 4.78 is 9.09. The van der Waals surface area contributed by atoms with E-state index in [-0.39, 0.29) is 49.6 Å². The number of nitrogens with one attached hydrogen (secondary N) is 2. The molecule has 0 saturated carbocycles. The van der Waals surface area contributed by atoms with E-state index in [4.69, 9.17) is 54.7 Å².